The molecule has 0 amide bonds. The molecule has 0 aliphatic heterocycles. The fourth-order valence-electron chi connectivity index (χ4n) is 1.97. The number of hydrogen-bond donors (Lipinski definition) is 1. The smallest absolute Gasteiger partial charge is 0.426 e. The number of alkyl halides is 6. The van der Waals surface area contributed by atoms with Crippen LogP contribution in [-0.2, 0) is 9.53 Å². The lowest BCUT2D eigenvalue weighted by molar-refractivity contribution is -0.373. The summed E-state index contributed by atoms with van der Waals surface area (Å²) < 4.78 is 79.7. The van der Waals surface area contributed by atoms with E-state index >= 15 is 0 Å². The monoisotopic (exact) mass is 338 g/mol. The maximum absolute atomic E-state index is 12.5. The normalized spacial score (nSPS) is 16.5. The molecule has 2 atom stereocenters. The molecule has 0 aromatic heterocycles. The zero-order valence-electron chi connectivity index (χ0n) is 12.7. The predicted octanol–water partition coefficient (Wildman–Crippen LogP) is 3.85. The van der Waals surface area contributed by atoms with E-state index in [0.29, 0.717) is 6.42 Å². The molecule has 0 bridgehead atoms. The number of esters is 1. The van der Waals surface area contributed by atoms with Gasteiger partial charge < -0.3 is 9.84 Å². The third kappa shape index (κ3) is 5.33. The van der Waals surface area contributed by atoms with Gasteiger partial charge in [0.05, 0.1) is 5.92 Å². The van der Waals surface area contributed by atoms with Crippen molar-refractivity contribution in [2.45, 2.75) is 64.6 Å². The van der Waals surface area contributed by atoms with Crippen molar-refractivity contribution < 1.29 is 41.0 Å². The molecule has 0 aromatic rings. The number of hydrogen-bond acceptors (Lipinski definition) is 3. The number of carbonyl (C=O) groups is 1. The van der Waals surface area contributed by atoms with Crippen LogP contribution in [0.4, 0.5) is 26.3 Å². The lowest BCUT2D eigenvalue weighted by atomic mass is 9.94. The Bertz CT molecular complexity index is 361. The summed E-state index contributed by atoms with van der Waals surface area (Å²) in [6.45, 7) is 5.95. The van der Waals surface area contributed by atoms with Gasteiger partial charge in [-0.2, -0.15) is 26.3 Å². The zero-order valence-corrected chi connectivity index (χ0v) is 12.7. The second kappa shape index (κ2) is 7.06. The van der Waals surface area contributed by atoms with E-state index in [2.05, 4.69) is 4.74 Å². The van der Waals surface area contributed by atoms with Crippen LogP contribution in [0.2, 0.25) is 0 Å². The highest BCUT2D eigenvalue weighted by molar-refractivity contribution is 5.72. The van der Waals surface area contributed by atoms with E-state index in [9.17, 15) is 31.1 Å². The van der Waals surface area contributed by atoms with E-state index in [1.165, 1.54) is 6.92 Å². The van der Waals surface area contributed by atoms with Gasteiger partial charge in [-0.3, -0.25) is 4.79 Å². The number of rotatable bonds is 6. The van der Waals surface area contributed by atoms with Gasteiger partial charge in [-0.1, -0.05) is 20.8 Å². The molecule has 0 rings (SSSR count). The van der Waals surface area contributed by atoms with Gasteiger partial charge in [0, 0.05) is 6.42 Å². The van der Waals surface area contributed by atoms with Crippen molar-refractivity contribution in [1.29, 1.82) is 0 Å². The average Bonchev–Trinajstić information content (AvgIpc) is 2.24. The summed E-state index contributed by atoms with van der Waals surface area (Å²) >= 11 is 0. The quantitative estimate of drug-likeness (QED) is 0.591. The molecule has 0 fully saturated rings. The Hall–Kier alpha value is -0.990. The Morgan fingerprint density at radius 1 is 1.00 bits per heavy atom. The zero-order chi connectivity index (χ0) is 17.9. The molecule has 0 spiro atoms. The van der Waals surface area contributed by atoms with Crippen LogP contribution in [0.15, 0.2) is 0 Å². The summed E-state index contributed by atoms with van der Waals surface area (Å²) in [4.78, 5) is 11.6. The molecule has 0 aromatic carbocycles. The molecule has 0 radical (unpaired) electrons. The van der Waals surface area contributed by atoms with Gasteiger partial charge in [-0.05, 0) is 19.3 Å². The van der Waals surface area contributed by atoms with E-state index in [1.807, 2.05) is 0 Å². The fourth-order valence-corrected chi connectivity index (χ4v) is 1.97. The summed E-state index contributed by atoms with van der Waals surface area (Å²) in [5.41, 5.74) is -4.92. The van der Waals surface area contributed by atoms with Crippen molar-refractivity contribution in [2.24, 2.45) is 11.8 Å². The van der Waals surface area contributed by atoms with Crippen molar-refractivity contribution in [3.05, 3.63) is 0 Å². The molecule has 22 heavy (non-hydrogen) atoms. The van der Waals surface area contributed by atoms with Gasteiger partial charge in [-0.15, -0.1) is 0 Å². The third-order valence-electron chi connectivity index (χ3n) is 3.07. The molecule has 2 unspecified atom stereocenters. The Morgan fingerprint density at radius 2 is 1.41 bits per heavy atom. The van der Waals surface area contributed by atoms with Crippen molar-refractivity contribution >= 4 is 5.97 Å². The van der Waals surface area contributed by atoms with Gasteiger partial charge in [0.2, 0.25) is 0 Å². The summed E-state index contributed by atoms with van der Waals surface area (Å²) in [7, 11) is 0. The largest absolute Gasteiger partial charge is 0.462 e. The Kier molecular flexibility index (Phi) is 6.74. The van der Waals surface area contributed by atoms with Gasteiger partial charge in [0.25, 0.3) is 5.60 Å². The summed E-state index contributed by atoms with van der Waals surface area (Å²) in [5, 5.41) is 9.01. The summed E-state index contributed by atoms with van der Waals surface area (Å²) in [6.07, 6.45) is -15.0. The summed E-state index contributed by atoms with van der Waals surface area (Å²) in [6, 6.07) is 0. The first-order chi connectivity index (χ1) is 9.61. The standard InChI is InChI=1S/C13H20F6O3/c1-7(2)5-8(3)10(20)22-9(4)6-11(21,12(14,15)16)13(17,18)19/h7-9,21H,5-6H2,1-4H3. The Labute approximate surface area is 124 Å². The predicted molar refractivity (Wildman–Crippen MR) is 65.8 cm³/mol. The molecule has 0 heterocycles. The molecule has 3 nitrogen and oxygen atoms in total. The Balaban J connectivity index is 4.94. The maximum Gasteiger partial charge on any atom is 0.426 e. The van der Waals surface area contributed by atoms with Gasteiger partial charge >= 0.3 is 18.3 Å². The van der Waals surface area contributed by atoms with Crippen LogP contribution >= 0.6 is 0 Å². The van der Waals surface area contributed by atoms with E-state index in [1.54, 1.807) is 13.8 Å². The molecular weight excluding hydrogens is 318 g/mol. The van der Waals surface area contributed by atoms with E-state index < -0.39 is 42.4 Å². The van der Waals surface area contributed by atoms with Crippen molar-refractivity contribution in [2.75, 3.05) is 0 Å². The minimum atomic E-state index is -5.92. The van der Waals surface area contributed by atoms with E-state index in [-0.39, 0.29) is 5.92 Å². The fraction of sp³-hybridized carbons (Fsp3) is 0.923. The number of halogens is 6. The molecule has 0 saturated carbocycles. The van der Waals surface area contributed by atoms with Crippen LogP contribution in [0.1, 0.15) is 40.5 Å². The van der Waals surface area contributed by atoms with Crippen molar-refractivity contribution in [1.82, 2.24) is 0 Å². The molecule has 1 N–H and O–H groups in total. The molecule has 9 heteroatoms. The van der Waals surface area contributed by atoms with Crippen LogP contribution < -0.4 is 0 Å². The molecule has 0 saturated heterocycles. The van der Waals surface area contributed by atoms with Crippen LogP contribution in [0.5, 0.6) is 0 Å². The van der Waals surface area contributed by atoms with Crippen LogP contribution in [0.25, 0.3) is 0 Å². The third-order valence-corrected chi connectivity index (χ3v) is 3.07. The van der Waals surface area contributed by atoms with Crippen LogP contribution in [0.3, 0.4) is 0 Å². The highest BCUT2D eigenvalue weighted by Gasteiger charge is 2.70. The van der Waals surface area contributed by atoms with Gasteiger partial charge in [0.15, 0.2) is 0 Å². The van der Waals surface area contributed by atoms with E-state index in [0.717, 1.165) is 6.92 Å². The van der Waals surface area contributed by atoms with E-state index in [4.69, 9.17) is 5.11 Å². The highest BCUT2D eigenvalue weighted by Crippen LogP contribution is 2.46. The molecule has 132 valence electrons. The summed E-state index contributed by atoms with van der Waals surface area (Å²) in [5.74, 6) is -1.44. The van der Waals surface area contributed by atoms with Gasteiger partial charge in [-0.25, -0.2) is 0 Å². The first-order valence-corrected chi connectivity index (χ1v) is 6.68. The van der Waals surface area contributed by atoms with Gasteiger partial charge in [0.1, 0.15) is 6.10 Å². The first-order valence-electron chi connectivity index (χ1n) is 6.68. The highest BCUT2D eigenvalue weighted by atomic mass is 19.4. The number of ether oxygens (including phenoxy) is 1. The SMILES string of the molecule is CC(C)CC(C)C(=O)OC(C)CC(O)(C(F)(F)F)C(F)(F)F. The van der Waals surface area contributed by atoms with Crippen LogP contribution in [0, 0.1) is 11.8 Å². The second-order valence-corrected chi connectivity index (χ2v) is 5.84. The minimum absolute atomic E-state index is 0.111. The number of carbonyl (C=O) groups excluding carboxylic acids is 1. The maximum atomic E-state index is 12.5. The molecule has 0 aliphatic carbocycles. The first kappa shape index (κ1) is 21.0. The molecule has 0 aliphatic rings. The number of aliphatic hydroxyl groups is 1. The Morgan fingerprint density at radius 3 is 1.73 bits per heavy atom. The lowest BCUT2D eigenvalue weighted by Crippen LogP contribution is -2.58. The van der Waals surface area contributed by atoms with Crippen molar-refractivity contribution in [3.8, 4) is 0 Å². The van der Waals surface area contributed by atoms with Crippen LogP contribution in [-0.4, -0.2) is 35.1 Å². The average molecular weight is 338 g/mol. The molecular formula is C13H20F6O3. The minimum Gasteiger partial charge on any atom is -0.462 e. The van der Waals surface area contributed by atoms with Crippen molar-refractivity contribution in [3.63, 3.8) is 0 Å². The second-order valence-electron chi connectivity index (χ2n) is 5.84. The lowest BCUT2D eigenvalue weighted by Gasteiger charge is -2.34. The topological polar surface area (TPSA) is 46.5 Å².